The topological polar surface area (TPSA) is 9.23 Å². The standard InChI is InChI=1S/C23H34O/c1-18(17-23(2)14-5-4-6-15-23)10-11-19-12-13-20-8-7-9-22(24-3)21(20)16-19/h12-13,16,22H,1,4-11,14-15,17H2,2-3H3. The van der Waals surface area contributed by atoms with Gasteiger partial charge < -0.3 is 4.74 Å². The number of hydrogen-bond acceptors (Lipinski definition) is 1. The molecule has 0 aromatic heterocycles. The van der Waals surface area contributed by atoms with Crippen molar-refractivity contribution >= 4 is 0 Å². The first-order valence-corrected chi connectivity index (χ1v) is 9.91. The SMILES string of the molecule is C=C(CCc1ccc2c(c1)C(OC)CCC2)CC1(C)CCCCC1. The minimum Gasteiger partial charge on any atom is -0.377 e. The van der Waals surface area contributed by atoms with E-state index in [1.54, 1.807) is 0 Å². The Bertz CT molecular complexity index is 565. The Balaban J connectivity index is 1.57. The number of rotatable bonds is 6. The Morgan fingerprint density at radius 1 is 1.21 bits per heavy atom. The molecule has 1 atom stereocenters. The Labute approximate surface area is 148 Å². The quantitative estimate of drug-likeness (QED) is 0.538. The summed E-state index contributed by atoms with van der Waals surface area (Å²) in [5.74, 6) is 0. The second-order valence-electron chi connectivity index (χ2n) is 8.45. The van der Waals surface area contributed by atoms with Gasteiger partial charge in [-0.3, -0.25) is 0 Å². The van der Waals surface area contributed by atoms with Gasteiger partial charge in [-0.05, 0) is 73.5 Å². The van der Waals surface area contributed by atoms with E-state index in [2.05, 4.69) is 31.7 Å². The molecule has 0 amide bonds. The van der Waals surface area contributed by atoms with Gasteiger partial charge in [-0.15, -0.1) is 0 Å². The summed E-state index contributed by atoms with van der Waals surface area (Å²) in [6.07, 6.45) is 14.4. The van der Waals surface area contributed by atoms with E-state index in [-0.39, 0.29) is 0 Å². The molecular weight excluding hydrogens is 292 g/mol. The van der Waals surface area contributed by atoms with E-state index in [0.717, 1.165) is 19.3 Å². The first-order valence-electron chi connectivity index (χ1n) is 9.91. The van der Waals surface area contributed by atoms with Crippen LogP contribution in [-0.4, -0.2) is 7.11 Å². The molecule has 0 bridgehead atoms. The minimum atomic E-state index is 0.304. The zero-order valence-electron chi connectivity index (χ0n) is 15.7. The van der Waals surface area contributed by atoms with E-state index in [0.29, 0.717) is 11.5 Å². The summed E-state index contributed by atoms with van der Waals surface area (Å²) in [4.78, 5) is 0. The number of hydrogen-bond donors (Lipinski definition) is 0. The second-order valence-corrected chi connectivity index (χ2v) is 8.45. The third-order valence-corrected chi connectivity index (χ3v) is 6.26. The van der Waals surface area contributed by atoms with Gasteiger partial charge in [0.05, 0.1) is 6.10 Å². The molecule has 1 fully saturated rings. The van der Waals surface area contributed by atoms with Gasteiger partial charge >= 0.3 is 0 Å². The average molecular weight is 327 g/mol. The molecule has 0 spiro atoms. The van der Waals surface area contributed by atoms with Crippen molar-refractivity contribution in [3.05, 3.63) is 47.0 Å². The van der Waals surface area contributed by atoms with Crippen LogP contribution in [0.4, 0.5) is 0 Å². The van der Waals surface area contributed by atoms with Crippen molar-refractivity contribution in [1.82, 2.24) is 0 Å². The fourth-order valence-electron chi connectivity index (χ4n) is 4.80. The first kappa shape index (κ1) is 17.7. The molecule has 0 aliphatic heterocycles. The normalized spacial score (nSPS) is 22.8. The zero-order chi connectivity index (χ0) is 17.0. The van der Waals surface area contributed by atoms with E-state index >= 15 is 0 Å². The lowest BCUT2D eigenvalue weighted by Gasteiger charge is -2.34. The van der Waals surface area contributed by atoms with Crippen LogP contribution < -0.4 is 0 Å². The molecule has 24 heavy (non-hydrogen) atoms. The lowest BCUT2D eigenvalue weighted by molar-refractivity contribution is 0.0880. The summed E-state index contributed by atoms with van der Waals surface area (Å²) in [5.41, 5.74) is 6.34. The number of ether oxygens (including phenoxy) is 1. The van der Waals surface area contributed by atoms with Crippen LogP contribution in [0, 0.1) is 5.41 Å². The molecule has 1 nitrogen and oxygen atoms in total. The van der Waals surface area contributed by atoms with Crippen molar-refractivity contribution in [2.75, 3.05) is 7.11 Å². The molecule has 1 heteroatoms. The van der Waals surface area contributed by atoms with Crippen molar-refractivity contribution in [1.29, 1.82) is 0 Å². The maximum absolute atomic E-state index is 5.69. The molecule has 1 aromatic carbocycles. The maximum Gasteiger partial charge on any atom is 0.0824 e. The highest BCUT2D eigenvalue weighted by Crippen LogP contribution is 2.41. The molecule has 2 aliphatic rings. The van der Waals surface area contributed by atoms with Gasteiger partial charge in [0.2, 0.25) is 0 Å². The van der Waals surface area contributed by atoms with Crippen LogP contribution in [0.25, 0.3) is 0 Å². The zero-order valence-corrected chi connectivity index (χ0v) is 15.7. The summed E-state index contributed by atoms with van der Waals surface area (Å²) in [6.45, 7) is 6.87. The van der Waals surface area contributed by atoms with Crippen LogP contribution in [0.15, 0.2) is 30.4 Å². The van der Waals surface area contributed by atoms with Crippen LogP contribution >= 0.6 is 0 Å². The first-order chi connectivity index (χ1) is 11.6. The van der Waals surface area contributed by atoms with Gasteiger partial charge in [0.15, 0.2) is 0 Å². The van der Waals surface area contributed by atoms with Crippen molar-refractivity contribution in [3.8, 4) is 0 Å². The van der Waals surface area contributed by atoms with Gasteiger partial charge in [0, 0.05) is 7.11 Å². The van der Waals surface area contributed by atoms with Crippen LogP contribution in [0.1, 0.15) is 87.5 Å². The summed E-state index contributed by atoms with van der Waals surface area (Å²) >= 11 is 0. The maximum atomic E-state index is 5.69. The predicted octanol–water partition coefficient (Wildman–Crippen LogP) is 6.56. The molecular formula is C23H34O. The van der Waals surface area contributed by atoms with Crippen LogP contribution in [0.2, 0.25) is 0 Å². The van der Waals surface area contributed by atoms with Gasteiger partial charge in [0.1, 0.15) is 0 Å². The smallest absolute Gasteiger partial charge is 0.0824 e. The summed E-state index contributed by atoms with van der Waals surface area (Å²) < 4.78 is 5.69. The monoisotopic (exact) mass is 326 g/mol. The number of methoxy groups -OCH3 is 1. The van der Waals surface area contributed by atoms with Crippen LogP contribution in [0.5, 0.6) is 0 Å². The Hall–Kier alpha value is -1.08. The predicted molar refractivity (Wildman–Crippen MR) is 102 cm³/mol. The number of aryl methyl sites for hydroxylation is 2. The summed E-state index contributed by atoms with van der Waals surface area (Å²) in [6, 6.07) is 7.06. The molecule has 0 radical (unpaired) electrons. The van der Waals surface area contributed by atoms with Crippen molar-refractivity contribution in [2.24, 2.45) is 5.41 Å². The van der Waals surface area contributed by atoms with Gasteiger partial charge in [-0.25, -0.2) is 0 Å². The Morgan fingerprint density at radius 2 is 2.00 bits per heavy atom. The molecule has 0 heterocycles. The Morgan fingerprint density at radius 3 is 2.75 bits per heavy atom. The fraction of sp³-hybridized carbons (Fsp3) is 0.652. The van der Waals surface area contributed by atoms with Crippen molar-refractivity contribution in [2.45, 2.75) is 83.7 Å². The minimum absolute atomic E-state index is 0.304. The molecule has 132 valence electrons. The lowest BCUT2D eigenvalue weighted by Crippen LogP contribution is -2.20. The molecule has 0 N–H and O–H groups in total. The van der Waals surface area contributed by atoms with E-state index in [1.807, 2.05) is 7.11 Å². The van der Waals surface area contributed by atoms with E-state index < -0.39 is 0 Å². The van der Waals surface area contributed by atoms with Gasteiger partial charge in [0.25, 0.3) is 0 Å². The third kappa shape index (κ3) is 4.30. The molecule has 1 unspecified atom stereocenters. The number of benzene rings is 1. The number of fused-ring (bicyclic) bond motifs is 1. The van der Waals surface area contributed by atoms with Gasteiger partial charge in [-0.2, -0.15) is 0 Å². The number of allylic oxidation sites excluding steroid dienone is 1. The average Bonchev–Trinajstić information content (AvgIpc) is 2.59. The van der Waals surface area contributed by atoms with Crippen molar-refractivity contribution in [3.63, 3.8) is 0 Å². The molecule has 3 rings (SSSR count). The van der Waals surface area contributed by atoms with Crippen LogP contribution in [0.3, 0.4) is 0 Å². The summed E-state index contributed by atoms with van der Waals surface area (Å²) in [5, 5.41) is 0. The molecule has 2 aliphatic carbocycles. The van der Waals surface area contributed by atoms with Crippen LogP contribution in [-0.2, 0) is 17.6 Å². The van der Waals surface area contributed by atoms with Crippen molar-refractivity contribution < 1.29 is 4.74 Å². The lowest BCUT2D eigenvalue weighted by atomic mass is 9.71. The molecule has 0 saturated heterocycles. The van der Waals surface area contributed by atoms with E-state index in [9.17, 15) is 0 Å². The Kier molecular flexibility index (Phi) is 5.81. The highest BCUT2D eigenvalue weighted by Gasteiger charge is 2.27. The molecule has 1 saturated carbocycles. The van der Waals surface area contributed by atoms with Gasteiger partial charge in [-0.1, -0.05) is 56.5 Å². The van der Waals surface area contributed by atoms with E-state index in [1.165, 1.54) is 73.6 Å². The highest BCUT2D eigenvalue weighted by atomic mass is 16.5. The third-order valence-electron chi connectivity index (χ3n) is 6.26. The second kappa shape index (κ2) is 7.87. The fourth-order valence-corrected chi connectivity index (χ4v) is 4.80. The highest BCUT2D eigenvalue weighted by molar-refractivity contribution is 5.36. The largest absolute Gasteiger partial charge is 0.377 e. The summed E-state index contributed by atoms with van der Waals surface area (Å²) in [7, 11) is 1.85. The molecule has 1 aromatic rings. The van der Waals surface area contributed by atoms with E-state index in [4.69, 9.17) is 4.74 Å².